The molecule has 0 aliphatic heterocycles. The minimum absolute atomic E-state index is 0.130. The van der Waals surface area contributed by atoms with Crippen molar-refractivity contribution in [3.63, 3.8) is 0 Å². The summed E-state index contributed by atoms with van der Waals surface area (Å²) >= 11 is 0.618. The molecule has 0 aromatic carbocycles. The van der Waals surface area contributed by atoms with Crippen LogP contribution < -0.4 is 0 Å². The normalized spacial score (nSPS) is 11.6. The highest BCUT2D eigenvalue weighted by atomic mass is 32.2. The standard InChI is InChI=1S/C10H9FN2O2S/c1-2-15-10(14)9(11)16-8-5-7(6-12)3-4-13-8/h3-5,9H,2H2,1H3. The average Bonchev–Trinajstić information content (AvgIpc) is 2.29. The van der Waals surface area contributed by atoms with Crippen LogP contribution in [0.1, 0.15) is 12.5 Å². The fraction of sp³-hybridized carbons (Fsp3) is 0.300. The van der Waals surface area contributed by atoms with Gasteiger partial charge < -0.3 is 4.74 Å². The highest BCUT2D eigenvalue weighted by Gasteiger charge is 2.20. The molecule has 0 aliphatic carbocycles. The molecule has 0 fully saturated rings. The summed E-state index contributed by atoms with van der Waals surface area (Å²) in [6.07, 6.45) is 1.39. The van der Waals surface area contributed by atoms with Gasteiger partial charge in [-0.05, 0) is 19.1 Å². The third-order valence-electron chi connectivity index (χ3n) is 1.56. The van der Waals surface area contributed by atoms with Gasteiger partial charge in [0.05, 0.1) is 18.2 Å². The molecule has 1 aromatic heterocycles. The minimum atomic E-state index is -1.82. The Morgan fingerprint density at radius 1 is 1.81 bits per heavy atom. The number of hydrogen-bond donors (Lipinski definition) is 0. The van der Waals surface area contributed by atoms with Crippen LogP contribution in [0.2, 0.25) is 0 Å². The number of esters is 1. The van der Waals surface area contributed by atoms with Gasteiger partial charge in [-0.25, -0.2) is 14.2 Å². The van der Waals surface area contributed by atoms with Crippen LogP contribution in [-0.2, 0) is 9.53 Å². The zero-order valence-corrected chi connectivity index (χ0v) is 9.33. The molecule has 1 aromatic rings. The van der Waals surface area contributed by atoms with Crippen molar-refractivity contribution in [2.24, 2.45) is 0 Å². The molecule has 0 spiro atoms. The lowest BCUT2D eigenvalue weighted by molar-refractivity contribution is -0.145. The Morgan fingerprint density at radius 3 is 3.19 bits per heavy atom. The van der Waals surface area contributed by atoms with E-state index in [-0.39, 0.29) is 11.6 Å². The first-order valence-corrected chi connectivity index (χ1v) is 5.39. The number of carbonyl (C=O) groups is 1. The molecule has 1 heterocycles. The summed E-state index contributed by atoms with van der Waals surface area (Å²) in [5.74, 6) is -0.934. The molecular weight excluding hydrogens is 231 g/mol. The van der Waals surface area contributed by atoms with Gasteiger partial charge in [0.2, 0.25) is 5.50 Å². The fourth-order valence-electron chi connectivity index (χ4n) is 0.905. The van der Waals surface area contributed by atoms with Crippen molar-refractivity contribution >= 4 is 17.7 Å². The summed E-state index contributed by atoms with van der Waals surface area (Å²) in [5, 5.41) is 8.89. The summed E-state index contributed by atoms with van der Waals surface area (Å²) in [7, 11) is 0. The predicted molar refractivity (Wildman–Crippen MR) is 56.3 cm³/mol. The molecule has 0 radical (unpaired) electrons. The molecule has 0 saturated heterocycles. The molecule has 1 atom stereocenters. The van der Waals surface area contributed by atoms with Gasteiger partial charge >= 0.3 is 5.97 Å². The molecule has 4 nitrogen and oxygen atoms in total. The Bertz CT molecular complexity index is 420. The first-order chi connectivity index (χ1) is 7.67. The third-order valence-corrected chi connectivity index (χ3v) is 2.42. The minimum Gasteiger partial charge on any atom is -0.463 e. The second-order valence-corrected chi connectivity index (χ2v) is 3.75. The lowest BCUT2D eigenvalue weighted by Gasteiger charge is -2.06. The van der Waals surface area contributed by atoms with Gasteiger partial charge in [-0.3, -0.25) is 0 Å². The largest absolute Gasteiger partial charge is 0.463 e. The van der Waals surface area contributed by atoms with E-state index in [2.05, 4.69) is 9.72 Å². The molecule has 1 unspecified atom stereocenters. The van der Waals surface area contributed by atoms with Crippen molar-refractivity contribution in [1.29, 1.82) is 5.26 Å². The van der Waals surface area contributed by atoms with E-state index in [1.54, 1.807) is 6.92 Å². The first kappa shape index (κ1) is 12.5. The molecule has 16 heavy (non-hydrogen) atoms. The number of aromatic nitrogens is 1. The maximum atomic E-state index is 13.3. The van der Waals surface area contributed by atoms with E-state index < -0.39 is 11.5 Å². The Kier molecular flexibility index (Phi) is 4.73. The molecule has 0 bridgehead atoms. The topological polar surface area (TPSA) is 63.0 Å². The number of alkyl halides is 1. The molecule has 84 valence electrons. The molecular formula is C10H9FN2O2S. The first-order valence-electron chi connectivity index (χ1n) is 4.51. The number of hydrogen-bond acceptors (Lipinski definition) is 5. The fourth-order valence-corrected chi connectivity index (χ4v) is 1.60. The highest BCUT2D eigenvalue weighted by molar-refractivity contribution is 8.00. The number of carbonyl (C=O) groups excluding carboxylic acids is 1. The number of rotatable bonds is 4. The summed E-state index contributed by atoms with van der Waals surface area (Å²) in [5.41, 5.74) is -1.45. The molecule has 6 heteroatoms. The number of nitriles is 1. The van der Waals surface area contributed by atoms with Crippen molar-refractivity contribution in [1.82, 2.24) is 4.98 Å². The maximum Gasteiger partial charge on any atom is 0.351 e. The van der Waals surface area contributed by atoms with Gasteiger partial charge in [-0.2, -0.15) is 5.26 Å². The predicted octanol–water partition coefficient (Wildman–Crippen LogP) is 1.90. The monoisotopic (exact) mass is 240 g/mol. The van der Waals surface area contributed by atoms with Crippen molar-refractivity contribution in [3.8, 4) is 6.07 Å². The zero-order chi connectivity index (χ0) is 12.0. The van der Waals surface area contributed by atoms with Crippen LogP contribution >= 0.6 is 11.8 Å². The summed E-state index contributed by atoms with van der Waals surface area (Å²) < 4.78 is 17.8. The summed E-state index contributed by atoms with van der Waals surface area (Å²) in [4.78, 5) is 14.8. The summed E-state index contributed by atoms with van der Waals surface area (Å²) in [6.45, 7) is 1.73. The lowest BCUT2D eigenvalue weighted by atomic mass is 10.3. The Balaban J connectivity index is 2.66. The maximum absolute atomic E-state index is 13.3. The Hall–Kier alpha value is -1.61. The van der Waals surface area contributed by atoms with E-state index >= 15 is 0 Å². The van der Waals surface area contributed by atoms with E-state index in [0.29, 0.717) is 17.3 Å². The number of ether oxygens (including phenoxy) is 1. The van der Waals surface area contributed by atoms with Gasteiger partial charge in [0.1, 0.15) is 5.03 Å². The molecule has 0 amide bonds. The van der Waals surface area contributed by atoms with E-state index in [4.69, 9.17) is 5.26 Å². The van der Waals surface area contributed by atoms with Crippen LogP contribution in [0, 0.1) is 11.3 Å². The van der Waals surface area contributed by atoms with Crippen LogP contribution in [0.15, 0.2) is 23.4 Å². The van der Waals surface area contributed by atoms with Gasteiger partial charge in [-0.1, -0.05) is 11.8 Å². The zero-order valence-electron chi connectivity index (χ0n) is 8.51. The van der Waals surface area contributed by atoms with Crippen LogP contribution in [0.25, 0.3) is 0 Å². The smallest absolute Gasteiger partial charge is 0.351 e. The lowest BCUT2D eigenvalue weighted by Crippen LogP contribution is -2.15. The number of halogens is 1. The number of pyridine rings is 1. The molecule has 0 N–H and O–H groups in total. The number of nitrogens with zero attached hydrogens (tertiary/aromatic N) is 2. The third kappa shape index (κ3) is 3.51. The van der Waals surface area contributed by atoms with Crippen LogP contribution in [0.5, 0.6) is 0 Å². The van der Waals surface area contributed by atoms with Crippen molar-refractivity contribution < 1.29 is 13.9 Å². The van der Waals surface area contributed by atoms with Crippen molar-refractivity contribution in [2.45, 2.75) is 17.5 Å². The Labute approximate surface area is 96.4 Å². The second-order valence-electron chi connectivity index (χ2n) is 2.68. The van der Waals surface area contributed by atoms with E-state index in [0.717, 1.165) is 0 Å². The van der Waals surface area contributed by atoms with Gasteiger partial charge in [-0.15, -0.1) is 0 Å². The molecule has 0 aliphatic rings. The molecule has 1 rings (SSSR count). The van der Waals surface area contributed by atoms with Crippen molar-refractivity contribution in [3.05, 3.63) is 23.9 Å². The quantitative estimate of drug-likeness (QED) is 0.594. The summed E-state index contributed by atoms with van der Waals surface area (Å²) in [6, 6.07) is 4.82. The highest BCUT2D eigenvalue weighted by Crippen LogP contribution is 2.23. The van der Waals surface area contributed by atoms with E-state index in [9.17, 15) is 9.18 Å². The molecule has 0 saturated carbocycles. The number of thioether (sulfide) groups is 1. The van der Waals surface area contributed by atoms with Crippen LogP contribution in [0.4, 0.5) is 4.39 Å². The van der Waals surface area contributed by atoms with E-state index in [1.165, 1.54) is 18.3 Å². The van der Waals surface area contributed by atoms with Crippen LogP contribution in [0.3, 0.4) is 0 Å². The second kappa shape index (κ2) is 6.08. The van der Waals surface area contributed by atoms with Gasteiger partial charge in [0.15, 0.2) is 0 Å². The van der Waals surface area contributed by atoms with Crippen molar-refractivity contribution in [2.75, 3.05) is 6.61 Å². The average molecular weight is 240 g/mol. The Morgan fingerprint density at radius 2 is 2.56 bits per heavy atom. The van der Waals surface area contributed by atoms with Gasteiger partial charge in [0.25, 0.3) is 0 Å². The van der Waals surface area contributed by atoms with Gasteiger partial charge in [0, 0.05) is 6.20 Å². The van der Waals surface area contributed by atoms with E-state index in [1.807, 2.05) is 6.07 Å². The van der Waals surface area contributed by atoms with Crippen LogP contribution in [-0.4, -0.2) is 23.1 Å². The SMILES string of the molecule is CCOC(=O)C(F)Sc1cc(C#N)ccn1.